The van der Waals surface area contributed by atoms with Crippen LogP contribution in [0.5, 0.6) is 5.75 Å². The zero-order chi connectivity index (χ0) is 10.1. The molecule has 0 spiro atoms. The van der Waals surface area contributed by atoms with Gasteiger partial charge < -0.3 is 16.2 Å². The van der Waals surface area contributed by atoms with Crippen molar-refractivity contribution >= 4 is 5.91 Å². The van der Waals surface area contributed by atoms with Gasteiger partial charge in [-0.25, -0.2) is 0 Å². The molecule has 0 saturated carbocycles. The summed E-state index contributed by atoms with van der Waals surface area (Å²) in [6.45, 7) is 1.69. The van der Waals surface area contributed by atoms with Gasteiger partial charge in [0, 0.05) is 24.6 Å². The molecule has 1 heterocycles. The molecule has 0 atom stereocenters. The maximum Gasteiger partial charge on any atom is 0.252 e. The van der Waals surface area contributed by atoms with E-state index in [1.54, 1.807) is 6.07 Å². The number of rotatable bonds is 2. The summed E-state index contributed by atoms with van der Waals surface area (Å²) < 4.78 is 0. The van der Waals surface area contributed by atoms with Gasteiger partial charge in [0.25, 0.3) is 5.91 Å². The lowest BCUT2D eigenvalue weighted by Crippen LogP contribution is -2.40. The second-order valence-corrected chi connectivity index (χ2v) is 3.46. The van der Waals surface area contributed by atoms with Gasteiger partial charge in [0.15, 0.2) is 0 Å². The third kappa shape index (κ3) is 1.33. The number of para-hydroxylation sites is 1. The molecule has 4 N–H and O–H groups in total. The normalized spacial score (nSPS) is 16.3. The summed E-state index contributed by atoms with van der Waals surface area (Å²) in [6, 6.07) is 5.11. The Bertz CT molecular complexity index is 372. The number of carbonyl (C=O) groups is 1. The molecular formula is C10H12N2O2. The van der Waals surface area contributed by atoms with E-state index in [9.17, 15) is 9.90 Å². The molecule has 1 amide bonds. The fraction of sp³-hybridized carbons (Fsp3) is 0.300. The molecule has 1 aromatic rings. The first-order chi connectivity index (χ1) is 6.70. The number of primary amides is 1. The van der Waals surface area contributed by atoms with Gasteiger partial charge >= 0.3 is 0 Å². The van der Waals surface area contributed by atoms with Gasteiger partial charge in [0.05, 0.1) is 5.56 Å². The Balaban J connectivity index is 2.40. The predicted molar refractivity (Wildman–Crippen MR) is 52.2 cm³/mol. The van der Waals surface area contributed by atoms with Gasteiger partial charge in [-0.2, -0.15) is 0 Å². The molecule has 4 heteroatoms. The fourth-order valence-corrected chi connectivity index (χ4v) is 1.60. The van der Waals surface area contributed by atoms with Crippen molar-refractivity contribution in [3.63, 3.8) is 0 Å². The summed E-state index contributed by atoms with van der Waals surface area (Å²) in [6.07, 6.45) is 0. The number of phenols is 1. The number of hydrogen-bond acceptors (Lipinski definition) is 3. The monoisotopic (exact) mass is 192 g/mol. The lowest BCUT2D eigenvalue weighted by Gasteiger charge is -2.28. The van der Waals surface area contributed by atoms with E-state index >= 15 is 0 Å². The van der Waals surface area contributed by atoms with Gasteiger partial charge in [-0.05, 0) is 6.07 Å². The van der Waals surface area contributed by atoms with Crippen LogP contribution in [0.1, 0.15) is 21.8 Å². The van der Waals surface area contributed by atoms with E-state index < -0.39 is 5.91 Å². The van der Waals surface area contributed by atoms with Crippen LogP contribution in [0.4, 0.5) is 0 Å². The molecule has 1 fully saturated rings. The average Bonchev–Trinajstić information content (AvgIpc) is 2.04. The van der Waals surface area contributed by atoms with Crippen LogP contribution in [0.2, 0.25) is 0 Å². The summed E-state index contributed by atoms with van der Waals surface area (Å²) in [5.74, 6) is -0.252. The summed E-state index contributed by atoms with van der Waals surface area (Å²) >= 11 is 0. The van der Waals surface area contributed by atoms with Crippen LogP contribution >= 0.6 is 0 Å². The van der Waals surface area contributed by atoms with Crippen molar-refractivity contribution in [3.8, 4) is 5.75 Å². The molecule has 0 aliphatic carbocycles. The third-order valence-electron chi connectivity index (χ3n) is 2.55. The quantitative estimate of drug-likeness (QED) is 0.625. The van der Waals surface area contributed by atoms with Crippen LogP contribution in [0, 0.1) is 0 Å². The smallest absolute Gasteiger partial charge is 0.252 e. The van der Waals surface area contributed by atoms with Crippen LogP contribution < -0.4 is 11.1 Å². The van der Waals surface area contributed by atoms with Gasteiger partial charge in [0.1, 0.15) is 5.75 Å². The highest BCUT2D eigenvalue weighted by molar-refractivity contribution is 5.96. The molecule has 0 radical (unpaired) electrons. The van der Waals surface area contributed by atoms with Crippen LogP contribution in [0.3, 0.4) is 0 Å². The fourth-order valence-electron chi connectivity index (χ4n) is 1.60. The highest BCUT2D eigenvalue weighted by atomic mass is 16.3. The van der Waals surface area contributed by atoms with E-state index in [0.717, 1.165) is 18.7 Å². The van der Waals surface area contributed by atoms with Crippen LogP contribution in [0.15, 0.2) is 18.2 Å². The minimum Gasteiger partial charge on any atom is -0.507 e. The van der Waals surface area contributed by atoms with Crippen molar-refractivity contribution in [3.05, 3.63) is 29.3 Å². The Morgan fingerprint density at radius 1 is 1.50 bits per heavy atom. The maximum absolute atomic E-state index is 10.9. The molecule has 4 nitrogen and oxygen atoms in total. The summed E-state index contributed by atoms with van der Waals surface area (Å²) in [4.78, 5) is 10.9. The molecular weight excluding hydrogens is 180 g/mol. The number of nitrogens with two attached hydrogens (primary N) is 1. The van der Waals surface area contributed by atoms with E-state index in [0.29, 0.717) is 5.92 Å². The Morgan fingerprint density at radius 2 is 2.21 bits per heavy atom. The minimum absolute atomic E-state index is 0.0338. The number of carbonyl (C=O) groups excluding carboxylic acids is 1. The molecule has 1 aliphatic heterocycles. The van der Waals surface area contributed by atoms with E-state index in [-0.39, 0.29) is 11.3 Å². The first-order valence-electron chi connectivity index (χ1n) is 4.52. The molecule has 1 aliphatic rings. The second-order valence-electron chi connectivity index (χ2n) is 3.46. The van der Waals surface area contributed by atoms with Gasteiger partial charge in [-0.15, -0.1) is 0 Å². The molecule has 1 aromatic carbocycles. The number of benzene rings is 1. The van der Waals surface area contributed by atoms with Crippen LogP contribution in [-0.2, 0) is 0 Å². The maximum atomic E-state index is 10.9. The van der Waals surface area contributed by atoms with E-state index in [2.05, 4.69) is 5.32 Å². The van der Waals surface area contributed by atoms with Crippen molar-refractivity contribution in [1.29, 1.82) is 0 Å². The van der Waals surface area contributed by atoms with Gasteiger partial charge in [0.2, 0.25) is 0 Å². The zero-order valence-electron chi connectivity index (χ0n) is 7.66. The van der Waals surface area contributed by atoms with Crippen molar-refractivity contribution in [2.24, 2.45) is 5.73 Å². The Kier molecular flexibility index (Phi) is 2.13. The summed E-state index contributed by atoms with van der Waals surface area (Å²) in [5, 5.41) is 12.9. The zero-order valence-corrected chi connectivity index (χ0v) is 7.66. The molecule has 0 aromatic heterocycles. The second kappa shape index (κ2) is 3.31. The number of amides is 1. The molecule has 2 rings (SSSR count). The first kappa shape index (κ1) is 9.02. The highest BCUT2D eigenvalue weighted by Crippen LogP contribution is 2.30. The number of aromatic hydroxyl groups is 1. The molecule has 1 saturated heterocycles. The van der Waals surface area contributed by atoms with E-state index in [1.807, 2.05) is 6.07 Å². The third-order valence-corrected chi connectivity index (χ3v) is 2.55. The lowest BCUT2D eigenvalue weighted by molar-refractivity contribution is 0.0997. The first-order valence-corrected chi connectivity index (χ1v) is 4.52. The predicted octanol–water partition coefficient (Wildman–Crippen LogP) is 0.178. The Labute approximate surface area is 81.7 Å². The topological polar surface area (TPSA) is 75.4 Å². The summed E-state index contributed by atoms with van der Waals surface area (Å²) in [5.41, 5.74) is 6.14. The summed E-state index contributed by atoms with van der Waals surface area (Å²) in [7, 11) is 0. The lowest BCUT2D eigenvalue weighted by atomic mass is 9.91. The standard InChI is InChI=1S/C10H12N2O2/c11-10(14)8-3-1-2-7(9(8)13)6-4-12-5-6/h1-3,6,12-13H,4-5H2,(H2,11,14). The number of nitrogens with one attached hydrogen (secondary N) is 1. The van der Waals surface area contributed by atoms with Crippen molar-refractivity contribution in [2.45, 2.75) is 5.92 Å². The average molecular weight is 192 g/mol. The molecule has 74 valence electrons. The van der Waals surface area contributed by atoms with E-state index in [4.69, 9.17) is 5.73 Å². The van der Waals surface area contributed by atoms with Crippen molar-refractivity contribution in [2.75, 3.05) is 13.1 Å². The number of hydrogen-bond donors (Lipinski definition) is 3. The minimum atomic E-state index is -0.586. The Morgan fingerprint density at radius 3 is 2.71 bits per heavy atom. The van der Waals surface area contributed by atoms with Crippen molar-refractivity contribution < 1.29 is 9.90 Å². The van der Waals surface area contributed by atoms with Crippen molar-refractivity contribution in [1.82, 2.24) is 5.32 Å². The van der Waals surface area contributed by atoms with Gasteiger partial charge in [-0.1, -0.05) is 12.1 Å². The highest BCUT2D eigenvalue weighted by Gasteiger charge is 2.23. The largest absolute Gasteiger partial charge is 0.507 e. The Hall–Kier alpha value is -1.55. The molecule has 0 unspecified atom stereocenters. The molecule has 0 bridgehead atoms. The van der Waals surface area contributed by atoms with Gasteiger partial charge in [-0.3, -0.25) is 4.79 Å². The van der Waals surface area contributed by atoms with E-state index in [1.165, 1.54) is 6.07 Å². The molecule has 14 heavy (non-hydrogen) atoms. The SMILES string of the molecule is NC(=O)c1cccc(C2CNC2)c1O. The van der Waals surface area contributed by atoms with Crippen LogP contribution in [0.25, 0.3) is 0 Å². The van der Waals surface area contributed by atoms with Crippen LogP contribution in [-0.4, -0.2) is 24.1 Å².